The molecule has 2 aliphatic rings. The number of anilines is 2. The van der Waals surface area contributed by atoms with Crippen LogP contribution in [0.15, 0.2) is 84.1 Å². The van der Waals surface area contributed by atoms with E-state index in [9.17, 15) is 9.90 Å². The number of carbonyl (C=O) groups is 1. The van der Waals surface area contributed by atoms with Gasteiger partial charge in [-0.2, -0.15) is 0 Å². The first-order chi connectivity index (χ1) is 15.1. The Labute approximate surface area is 181 Å². The fraction of sp³-hybridized carbons (Fsp3) is 0.192. The van der Waals surface area contributed by atoms with Crippen molar-refractivity contribution in [3.63, 3.8) is 0 Å². The maximum atomic E-state index is 13.5. The van der Waals surface area contributed by atoms with E-state index in [1.807, 2.05) is 60.7 Å². The Balaban J connectivity index is 1.59. The van der Waals surface area contributed by atoms with Crippen LogP contribution in [0.4, 0.5) is 11.4 Å². The molecule has 1 aliphatic carbocycles. The number of aromatic hydroxyl groups is 1. The van der Waals surface area contributed by atoms with Gasteiger partial charge in [-0.3, -0.25) is 4.79 Å². The van der Waals surface area contributed by atoms with Crippen LogP contribution in [0.1, 0.15) is 35.9 Å². The van der Waals surface area contributed by atoms with Crippen molar-refractivity contribution in [3.05, 3.63) is 95.2 Å². The second kappa shape index (κ2) is 7.84. The van der Waals surface area contributed by atoms with Gasteiger partial charge in [0.1, 0.15) is 11.5 Å². The van der Waals surface area contributed by atoms with Crippen molar-refractivity contribution in [2.24, 2.45) is 0 Å². The van der Waals surface area contributed by atoms with Crippen LogP contribution in [-0.4, -0.2) is 18.0 Å². The van der Waals surface area contributed by atoms with Crippen molar-refractivity contribution in [1.82, 2.24) is 0 Å². The number of phenolic OH excluding ortho intramolecular Hbond substituents is 1. The molecular weight excluding hydrogens is 388 g/mol. The van der Waals surface area contributed by atoms with E-state index in [1.54, 1.807) is 19.2 Å². The van der Waals surface area contributed by atoms with Crippen LogP contribution in [0.25, 0.3) is 0 Å². The van der Waals surface area contributed by atoms with Crippen molar-refractivity contribution >= 4 is 17.2 Å². The molecule has 1 aliphatic heterocycles. The molecule has 5 heteroatoms. The lowest BCUT2D eigenvalue weighted by atomic mass is 9.78. The highest BCUT2D eigenvalue weighted by molar-refractivity contribution is 6.01. The molecular formula is C26H24N2O3. The standard InChI is InChI=1S/C26H24N2O3/c1-31-18-12-10-16(11-13-18)17-14-22-25(24(30)15-17)26(19-6-2-5-9-23(19)29)28-21-8-4-3-7-20(21)27-22/h2-13,17,26-29H,14-15H2,1H3. The maximum absolute atomic E-state index is 13.5. The molecule has 5 rings (SSSR count). The van der Waals surface area contributed by atoms with Gasteiger partial charge < -0.3 is 20.5 Å². The van der Waals surface area contributed by atoms with Gasteiger partial charge in [-0.1, -0.05) is 42.5 Å². The second-order valence-electron chi connectivity index (χ2n) is 8.00. The minimum atomic E-state index is -0.420. The molecule has 0 fully saturated rings. The predicted octanol–water partition coefficient (Wildman–Crippen LogP) is 5.38. The average Bonchev–Trinajstić information content (AvgIpc) is 2.96. The highest BCUT2D eigenvalue weighted by atomic mass is 16.5. The predicted molar refractivity (Wildman–Crippen MR) is 122 cm³/mol. The summed E-state index contributed by atoms with van der Waals surface area (Å²) in [5.74, 6) is 1.15. The first kappa shape index (κ1) is 19.2. The van der Waals surface area contributed by atoms with Gasteiger partial charge in [0.15, 0.2) is 5.78 Å². The number of phenols is 1. The first-order valence-corrected chi connectivity index (χ1v) is 10.4. The quantitative estimate of drug-likeness (QED) is 0.539. The number of methoxy groups -OCH3 is 1. The van der Waals surface area contributed by atoms with Crippen molar-refractivity contribution in [2.45, 2.75) is 24.8 Å². The van der Waals surface area contributed by atoms with Crippen LogP contribution >= 0.6 is 0 Å². The zero-order valence-electron chi connectivity index (χ0n) is 17.3. The Morgan fingerprint density at radius 1 is 0.903 bits per heavy atom. The third-order valence-electron chi connectivity index (χ3n) is 6.14. The van der Waals surface area contributed by atoms with Crippen LogP contribution in [0.5, 0.6) is 11.5 Å². The molecule has 3 aromatic carbocycles. The van der Waals surface area contributed by atoms with E-state index in [4.69, 9.17) is 4.74 Å². The summed E-state index contributed by atoms with van der Waals surface area (Å²) in [5.41, 5.74) is 5.25. The van der Waals surface area contributed by atoms with Gasteiger partial charge in [-0.15, -0.1) is 0 Å². The molecule has 0 saturated carbocycles. The Kier molecular flexibility index (Phi) is 4.86. The number of hydrogen-bond donors (Lipinski definition) is 3. The Morgan fingerprint density at radius 3 is 2.35 bits per heavy atom. The smallest absolute Gasteiger partial charge is 0.163 e. The SMILES string of the molecule is COc1ccc(C2CC(=O)C3=C(C2)Nc2ccccc2NC3c2ccccc2O)cc1. The number of ketones is 1. The van der Waals surface area contributed by atoms with Crippen molar-refractivity contribution < 1.29 is 14.6 Å². The lowest BCUT2D eigenvalue weighted by Gasteiger charge is -2.30. The molecule has 1 heterocycles. The average molecular weight is 412 g/mol. The normalized spacial score (nSPS) is 20.1. The summed E-state index contributed by atoms with van der Waals surface area (Å²) in [6.45, 7) is 0. The van der Waals surface area contributed by atoms with Gasteiger partial charge in [0.2, 0.25) is 0 Å². The molecule has 0 bridgehead atoms. The van der Waals surface area contributed by atoms with Gasteiger partial charge in [0.05, 0.1) is 24.5 Å². The van der Waals surface area contributed by atoms with Gasteiger partial charge >= 0.3 is 0 Å². The molecule has 0 spiro atoms. The van der Waals surface area contributed by atoms with E-state index in [-0.39, 0.29) is 17.5 Å². The first-order valence-electron chi connectivity index (χ1n) is 10.4. The Bertz CT molecular complexity index is 1170. The minimum Gasteiger partial charge on any atom is -0.508 e. The molecule has 0 amide bonds. The maximum Gasteiger partial charge on any atom is 0.163 e. The van der Waals surface area contributed by atoms with Crippen LogP contribution in [0, 0.1) is 0 Å². The summed E-state index contributed by atoms with van der Waals surface area (Å²) in [6.07, 6.45) is 1.14. The molecule has 0 radical (unpaired) electrons. The summed E-state index contributed by atoms with van der Waals surface area (Å²) < 4.78 is 5.27. The number of benzene rings is 3. The monoisotopic (exact) mass is 412 g/mol. The lowest BCUT2D eigenvalue weighted by molar-refractivity contribution is -0.116. The zero-order chi connectivity index (χ0) is 21.4. The number of ether oxygens (including phenoxy) is 1. The molecule has 3 aromatic rings. The number of Topliss-reactive ketones (excluding diaryl/α,β-unsaturated/α-hetero) is 1. The fourth-order valence-corrected chi connectivity index (χ4v) is 4.57. The van der Waals surface area contributed by atoms with E-state index in [0.29, 0.717) is 24.0 Å². The Morgan fingerprint density at radius 2 is 1.61 bits per heavy atom. The number of rotatable bonds is 3. The van der Waals surface area contributed by atoms with E-state index in [1.165, 1.54) is 0 Å². The molecule has 2 unspecified atom stereocenters. The highest BCUT2D eigenvalue weighted by Gasteiger charge is 2.36. The number of hydrogen-bond acceptors (Lipinski definition) is 5. The minimum absolute atomic E-state index is 0.0833. The summed E-state index contributed by atoms with van der Waals surface area (Å²) in [6, 6.07) is 22.6. The summed E-state index contributed by atoms with van der Waals surface area (Å²) >= 11 is 0. The van der Waals surface area contributed by atoms with E-state index < -0.39 is 6.04 Å². The molecule has 3 N–H and O–H groups in total. The third-order valence-corrected chi connectivity index (χ3v) is 6.14. The Hall–Kier alpha value is -3.73. The molecule has 31 heavy (non-hydrogen) atoms. The molecule has 5 nitrogen and oxygen atoms in total. The highest BCUT2D eigenvalue weighted by Crippen LogP contribution is 2.45. The van der Waals surface area contributed by atoms with Crippen molar-refractivity contribution in [2.75, 3.05) is 17.7 Å². The fourth-order valence-electron chi connectivity index (χ4n) is 4.57. The molecule has 156 valence electrons. The molecule has 0 saturated heterocycles. The lowest BCUT2D eigenvalue weighted by Crippen LogP contribution is -2.26. The van der Waals surface area contributed by atoms with Crippen LogP contribution in [-0.2, 0) is 4.79 Å². The molecule has 2 atom stereocenters. The van der Waals surface area contributed by atoms with Crippen LogP contribution in [0.2, 0.25) is 0 Å². The van der Waals surface area contributed by atoms with Gasteiger partial charge in [0.25, 0.3) is 0 Å². The second-order valence-corrected chi connectivity index (χ2v) is 8.00. The van der Waals surface area contributed by atoms with Crippen LogP contribution in [0.3, 0.4) is 0 Å². The summed E-state index contributed by atoms with van der Waals surface area (Å²) in [7, 11) is 1.65. The number of fused-ring (bicyclic) bond motifs is 1. The topological polar surface area (TPSA) is 70.6 Å². The number of carbonyl (C=O) groups excluding carboxylic acids is 1. The van der Waals surface area contributed by atoms with E-state index in [0.717, 1.165) is 28.4 Å². The van der Waals surface area contributed by atoms with E-state index >= 15 is 0 Å². The summed E-state index contributed by atoms with van der Waals surface area (Å²) in [5, 5.41) is 17.6. The largest absolute Gasteiger partial charge is 0.508 e. The third kappa shape index (κ3) is 3.52. The van der Waals surface area contributed by atoms with Crippen molar-refractivity contribution in [1.29, 1.82) is 0 Å². The van der Waals surface area contributed by atoms with Crippen LogP contribution < -0.4 is 15.4 Å². The van der Waals surface area contributed by atoms with Gasteiger partial charge in [-0.25, -0.2) is 0 Å². The number of allylic oxidation sites excluding steroid dienone is 1. The number of nitrogens with one attached hydrogen (secondary N) is 2. The van der Waals surface area contributed by atoms with Gasteiger partial charge in [-0.05, 0) is 48.2 Å². The van der Waals surface area contributed by atoms with E-state index in [2.05, 4.69) is 10.6 Å². The van der Waals surface area contributed by atoms with Gasteiger partial charge in [0, 0.05) is 23.3 Å². The number of para-hydroxylation sites is 3. The molecule has 0 aromatic heterocycles. The zero-order valence-corrected chi connectivity index (χ0v) is 17.3. The summed E-state index contributed by atoms with van der Waals surface area (Å²) in [4.78, 5) is 13.5. The van der Waals surface area contributed by atoms with Crippen molar-refractivity contribution in [3.8, 4) is 11.5 Å².